The van der Waals surface area contributed by atoms with Crippen molar-refractivity contribution in [3.8, 4) is 0 Å². The molecule has 0 radical (unpaired) electrons. The standard InChI is InChI=1S/C21H23NO4S/c1-14-2-7-17(8-3-14)27(25,26)18-9-4-15(5-10-18)13-22-16-6-11-20(22)19(12-16)21(23)24/h2-5,7-10,16,19-20H,6,11-13H2,1H3,(H,23,24). The Hall–Kier alpha value is -2.18. The third kappa shape index (κ3) is 3.28. The van der Waals surface area contributed by atoms with E-state index in [9.17, 15) is 18.3 Å². The molecule has 2 saturated heterocycles. The molecule has 3 unspecified atom stereocenters. The van der Waals surface area contributed by atoms with Crippen molar-refractivity contribution in [1.29, 1.82) is 0 Å². The minimum absolute atomic E-state index is 0.100. The number of carbonyl (C=O) groups is 1. The number of carboxylic acids is 1. The second-order valence-electron chi connectivity index (χ2n) is 7.61. The molecule has 2 aliphatic rings. The fraction of sp³-hybridized carbons (Fsp3) is 0.381. The van der Waals surface area contributed by atoms with Crippen LogP contribution in [0.5, 0.6) is 0 Å². The van der Waals surface area contributed by atoms with E-state index in [0.717, 1.165) is 30.4 Å². The summed E-state index contributed by atoms with van der Waals surface area (Å²) in [7, 11) is -3.52. The number of sulfone groups is 1. The van der Waals surface area contributed by atoms with Gasteiger partial charge in [-0.05, 0) is 56.0 Å². The Labute approximate surface area is 159 Å². The molecule has 4 rings (SSSR count). The first-order valence-electron chi connectivity index (χ1n) is 9.25. The average Bonchev–Trinajstić information content (AvgIpc) is 3.19. The molecule has 6 heteroatoms. The molecule has 2 aliphatic heterocycles. The summed E-state index contributed by atoms with van der Waals surface area (Å²) in [6, 6.07) is 14.3. The normalized spacial score (nSPS) is 25.0. The van der Waals surface area contributed by atoms with Crippen LogP contribution < -0.4 is 0 Å². The largest absolute Gasteiger partial charge is 0.481 e. The third-order valence-corrected chi connectivity index (χ3v) is 7.71. The van der Waals surface area contributed by atoms with Crippen LogP contribution in [0.1, 0.15) is 30.4 Å². The van der Waals surface area contributed by atoms with Crippen LogP contribution in [-0.4, -0.2) is 36.5 Å². The number of aryl methyl sites for hydroxylation is 1. The van der Waals surface area contributed by atoms with Gasteiger partial charge in [-0.2, -0.15) is 0 Å². The summed E-state index contributed by atoms with van der Waals surface area (Å²) in [6.45, 7) is 2.59. The molecule has 27 heavy (non-hydrogen) atoms. The molecule has 3 atom stereocenters. The highest BCUT2D eigenvalue weighted by atomic mass is 32.2. The zero-order valence-corrected chi connectivity index (χ0v) is 16.0. The van der Waals surface area contributed by atoms with Crippen LogP contribution >= 0.6 is 0 Å². The fourth-order valence-corrected chi connectivity index (χ4v) is 5.71. The molecule has 2 aromatic carbocycles. The first-order valence-corrected chi connectivity index (χ1v) is 10.7. The third-order valence-electron chi connectivity index (χ3n) is 5.93. The average molecular weight is 385 g/mol. The van der Waals surface area contributed by atoms with Gasteiger partial charge in [0, 0.05) is 18.6 Å². The van der Waals surface area contributed by atoms with Crippen LogP contribution in [0.3, 0.4) is 0 Å². The molecule has 0 aliphatic carbocycles. The molecule has 2 fully saturated rings. The molecule has 142 valence electrons. The molecule has 2 aromatic rings. The van der Waals surface area contributed by atoms with Crippen molar-refractivity contribution < 1.29 is 18.3 Å². The molecular weight excluding hydrogens is 362 g/mol. The maximum Gasteiger partial charge on any atom is 0.308 e. The maximum atomic E-state index is 12.8. The molecule has 2 bridgehead atoms. The van der Waals surface area contributed by atoms with E-state index in [4.69, 9.17) is 0 Å². The van der Waals surface area contributed by atoms with Crippen molar-refractivity contribution in [2.24, 2.45) is 5.92 Å². The van der Waals surface area contributed by atoms with Gasteiger partial charge in [0.1, 0.15) is 0 Å². The molecule has 0 saturated carbocycles. The Morgan fingerprint density at radius 3 is 2.19 bits per heavy atom. The van der Waals surface area contributed by atoms with Crippen molar-refractivity contribution in [2.45, 2.75) is 54.6 Å². The van der Waals surface area contributed by atoms with E-state index in [1.165, 1.54) is 0 Å². The van der Waals surface area contributed by atoms with Crippen molar-refractivity contribution in [2.75, 3.05) is 0 Å². The summed E-state index contributed by atoms with van der Waals surface area (Å²) in [5.74, 6) is -0.975. The highest BCUT2D eigenvalue weighted by Gasteiger charge is 2.48. The predicted molar refractivity (Wildman–Crippen MR) is 101 cm³/mol. The predicted octanol–water partition coefficient (Wildman–Crippen LogP) is 3.27. The summed E-state index contributed by atoms with van der Waals surface area (Å²) in [4.78, 5) is 14.3. The highest BCUT2D eigenvalue weighted by Crippen LogP contribution is 2.42. The van der Waals surface area contributed by atoms with E-state index in [0.29, 0.717) is 17.5 Å². The van der Waals surface area contributed by atoms with E-state index in [1.807, 2.05) is 19.1 Å². The van der Waals surface area contributed by atoms with Crippen LogP contribution in [0, 0.1) is 12.8 Å². The number of aliphatic carboxylic acids is 1. The van der Waals surface area contributed by atoms with Gasteiger partial charge in [-0.1, -0.05) is 29.8 Å². The van der Waals surface area contributed by atoms with Crippen molar-refractivity contribution in [1.82, 2.24) is 4.90 Å². The van der Waals surface area contributed by atoms with Gasteiger partial charge < -0.3 is 5.11 Å². The Bertz CT molecular complexity index is 951. The summed E-state index contributed by atoms with van der Waals surface area (Å²) in [5, 5.41) is 9.38. The number of hydrogen-bond donors (Lipinski definition) is 1. The quantitative estimate of drug-likeness (QED) is 0.855. The minimum atomic E-state index is -3.52. The van der Waals surface area contributed by atoms with Gasteiger partial charge in [0.25, 0.3) is 0 Å². The van der Waals surface area contributed by atoms with Crippen LogP contribution in [0.25, 0.3) is 0 Å². The topological polar surface area (TPSA) is 74.7 Å². The zero-order chi connectivity index (χ0) is 19.2. The number of nitrogens with zero attached hydrogens (tertiary/aromatic N) is 1. The number of hydrogen-bond acceptors (Lipinski definition) is 4. The molecule has 5 nitrogen and oxygen atoms in total. The molecule has 0 amide bonds. The first-order chi connectivity index (χ1) is 12.9. The van der Waals surface area contributed by atoms with Crippen LogP contribution in [-0.2, 0) is 21.2 Å². The minimum Gasteiger partial charge on any atom is -0.481 e. The van der Waals surface area contributed by atoms with Gasteiger partial charge in [0.05, 0.1) is 15.7 Å². The Kier molecular flexibility index (Phi) is 4.56. The van der Waals surface area contributed by atoms with E-state index in [1.54, 1.807) is 36.4 Å². The second-order valence-corrected chi connectivity index (χ2v) is 9.56. The SMILES string of the molecule is Cc1ccc(S(=O)(=O)c2ccc(CN3C4CCC3C(C(=O)O)C4)cc2)cc1. The van der Waals surface area contributed by atoms with E-state index in [2.05, 4.69) is 4.90 Å². The Morgan fingerprint density at radius 1 is 1.04 bits per heavy atom. The van der Waals surface area contributed by atoms with Gasteiger partial charge in [-0.3, -0.25) is 9.69 Å². The molecular formula is C21H23NO4S. The van der Waals surface area contributed by atoms with Crippen molar-refractivity contribution in [3.63, 3.8) is 0 Å². The number of rotatable bonds is 5. The summed E-state index contributed by atoms with van der Waals surface area (Å²) in [6.07, 6.45) is 2.70. The lowest BCUT2D eigenvalue weighted by atomic mass is 9.89. The second kappa shape index (κ2) is 6.77. The monoisotopic (exact) mass is 385 g/mol. The lowest BCUT2D eigenvalue weighted by molar-refractivity contribution is -0.142. The molecule has 1 N–H and O–H groups in total. The summed E-state index contributed by atoms with van der Waals surface area (Å²) in [5.41, 5.74) is 2.03. The smallest absolute Gasteiger partial charge is 0.308 e. The van der Waals surface area contributed by atoms with Crippen LogP contribution in [0.4, 0.5) is 0 Å². The van der Waals surface area contributed by atoms with E-state index in [-0.39, 0.29) is 16.9 Å². The summed E-state index contributed by atoms with van der Waals surface area (Å²) < 4.78 is 25.5. The highest BCUT2D eigenvalue weighted by molar-refractivity contribution is 7.91. The fourth-order valence-electron chi connectivity index (χ4n) is 4.45. The number of carboxylic acid groups (broad SMARTS) is 1. The first kappa shape index (κ1) is 18.2. The Morgan fingerprint density at radius 2 is 1.63 bits per heavy atom. The number of fused-ring (bicyclic) bond motifs is 2. The molecule has 0 aromatic heterocycles. The van der Waals surface area contributed by atoms with E-state index >= 15 is 0 Å². The Balaban J connectivity index is 1.51. The molecule has 0 spiro atoms. The summed E-state index contributed by atoms with van der Waals surface area (Å²) >= 11 is 0. The lowest BCUT2D eigenvalue weighted by Gasteiger charge is -2.22. The van der Waals surface area contributed by atoms with Crippen molar-refractivity contribution >= 4 is 15.8 Å². The maximum absolute atomic E-state index is 12.8. The van der Waals surface area contributed by atoms with E-state index < -0.39 is 15.8 Å². The van der Waals surface area contributed by atoms with Gasteiger partial charge in [0.15, 0.2) is 0 Å². The van der Waals surface area contributed by atoms with Gasteiger partial charge >= 0.3 is 5.97 Å². The van der Waals surface area contributed by atoms with Gasteiger partial charge in [-0.25, -0.2) is 8.42 Å². The van der Waals surface area contributed by atoms with Crippen LogP contribution in [0.2, 0.25) is 0 Å². The van der Waals surface area contributed by atoms with Gasteiger partial charge in [-0.15, -0.1) is 0 Å². The van der Waals surface area contributed by atoms with Crippen molar-refractivity contribution in [3.05, 3.63) is 59.7 Å². The lowest BCUT2D eigenvalue weighted by Crippen LogP contribution is -2.32. The number of benzene rings is 2. The zero-order valence-electron chi connectivity index (χ0n) is 15.2. The van der Waals surface area contributed by atoms with Crippen LogP contribution in [0.15, 0.2) is 58.3 Å². The molecule has 2 heterocycles. The van der Waals surface area contributed by atoms with Gasteiger partial charge in [0.2, 0.25) is 9.84 Å².